The predicted octanol–water partition coefficient (Wildman–Crippen LogP) is 9.98. The number of aromatic nitrogens is 4. The van der Waals surface area contributed by atoms with E-state index in [1.807, 2.05) is 0 Å². The molecule has 316 valence electrons. The van der Waals surface area contributed by atoms with Crippen LogP contribution in [0.25, 0.3) is 56.4 Å². The Labute approximate surface area is 390 Å². The minimum atomic E-state index is -0.328. The maximum Gasteiger partial charge on any atom is 0.658 e. The normalized spacial score (nSPS) is 12.0. The van der Waals surface area contributed by atoms with Crippen LogP contribution in [-0.2, 0) is 0 Å². The van der Waals surface area contributed by atoms with E-state index in [1.165, 1.54) is 89.9 Å². The van der Waals surface area contributed by atoms with Gasteiger partial charge in [0.25, 0.3) is 0 Å². The van der Waals surface area contributed by atoms with E-state index in [0.717, 1.165) is 22.3 Å². The van der Waals surface area contributed by atoms with Crippen LogP contribution in [0.1, 0.15) is 33.4 Å². The highest BCUT2D eigenvalue weighted by molar-refractivity contribution is 6.94. The zero-order chi connectivity index (χ0) is 45.1. The zero-order valence-electron chi connectivity index (χ0n) is 38.6. The third kappa shape index (κ3) is 6.70. The van der Waals surface area contributed by atoms with Gasteiger partial charge >= 0.3 is 13.7 Å². The van der Waals surface area contributed by atoms with Crippen LogP contribution >= 0.6 is 0 Å². The fourth-order valence-corrected chi connectivity index (χ4v) is 11.2. The molecule has 8 aromatic carbocycles. The fourth-order valence-electron chi connectivity index (χ4n) is 11.2. The molecule has 3 heterocycles. The second-order valence-electron chi connectivity index (χ2n) is 18.1. The molecule has 0 saturated heterocycles. The summed E-state index contributed by atoms with van der Waals surface area (Å²) in [5.74, 6) is 0. The predicted molar refractivity (Wildman–Crippen MR) is 276 cm³/mol. The Bertz CT molecular complexity index is 3160. The molecule has 1 aliphatic heterocycles. The van der Waals surface area contributed by atoms with Crippen LogP contribution < -0.4 is 31.3 Å². The largest absolute Gasteiger partial charge is 0.658 e. The molecule has 0 atom stereocenters. The molecule has 0 saturated carbocycles. The lowest BCUT2D eigenvalue weighted by Crippen LogP contribution is -2.93. The summed E-state index contributed by atoms with van der Waals surface area (Å²) in [7, 11) is 0. The zero-order valence-corrected chi connectivity index (χ0v) is 38.6. The molecule has 66 heavy (non-hydrogen) atoms. The number of rotatable bonds is 8. The molecule has 0 amide bonds. The van der Waals surface area contributed by atoms with Crippen molar-refractivity contribution < 1.29 is 8.96 Å². The first kappa shape index (κ1) is 41.0. The first-order valence-corrected chi connectivity index (χ1v) is 23.2. The van der Waals surface area contributed by atoms with Crippen LogP contribution in [0.3, 0.4) is 0 Å². The molecule has 0 fully saturated rings. The van der Waals surface area contributed by atoms with Gasteiger partial charge in [-0.15, -0.1) is 0 Å². The molecular weight excluding hydrogens is 798 g/mol. The molecule has 4 nitrogen and oxygen atoms in total. The Hall–Kier alpha value is -7.69. The van der Waals surface area contributed by atoms with Crippen molar-refractivity contribution in [1.29, 1.82) is 0 Å². The lowest BCUT2D eigenvalue weighted by atomic mass is 9.39. The third-order valence-electron chi connectivity index (χ3n) is 13.5. The van der Waals surface area contributed by atoms with E-state index in [4.69, 9.17) is 0 Å². The maximum absolute atomic E-state index is 2.72. The fraction of sp³-hybridized carbons (Fsp3) is 0.100. The molecule has 2 aromatic heterocycles. The van der Waals surface area contributed by atoms with Crippen LogP contribution in [0.15, 0.2) is 206 Å². The highest BCUT2D eigenvalue weighted by Gasteiger charge is 2.62. The van der Waals surface area contributed by atoms with Crippen molar-refractivity contribution in [3.05, 3.63) is 240 Å². The van der Waals surface area contributed by atoms with Gasteiger partial charge < -0.3 is 0 Å². The summed E-state index contributed by atoms with van der Waals surface area (Å²) in [6.07, 6.45) is 0. The van der Waals surface area contributed by atoms with Gasteiger partial charge in [0.1, 0.15) is 11.4 Å². The first-order valence-electron chi connectivity index (χ1n) is 23.2. The molecule has 10 aromatic rings. The average Bonchev–Trinajstić information content (AvgIpc) is 3.86. The van der Waals surface area contributed by atoms with Gasteiger partial charge in [-0.25, -0.2) is 9.13 Å². The number of fused-ring (bicyclic) bond motifs is 2. The quantitative estimate of drug-likeness (QED) is 0.136. The second-order valence-corrected chi connectivity index (χ2v) is 18.1. The topological polar surface area (TPSA) is 17.6 Å². The molecule has 6 heteroatoms. The van der Waals surface area contributed by atoms with E-state index in [-0.39, 0.29) is 13.7 Å². The van der Waals surface area contributed by atoms with Crippen LogP contribution in [-0.4, -0.2) is 22.8 Å². The van der Waals surface area contributed by atoms with Crippen molar-refractivity contribution in [2.75, 3.05) is 0 Å². The molecule has 0 radical (unpaired) electrons. The highest BCUT2D eigenvalue weighted by Crippen LogP contribution is 2.38. The van der Waals surface area contributed by atoms with Gasteiger partial charge in [-0.1, -0.05) is 223 Å². The van der Waals surface area contributed by atoms with E-state index in [2.05, 4.69) is 266 Å². The molecule has 0 aliphatic carbocycles. The molecule has 0 bridgehead atoms. The summed E-state index contributed by atoms with van der Waals surface area (Å²) in [5.41, 5.74) is 24.0. The Morgan fingerprint density at radius 3 is 0.955 bits per heavy atom. The monoisotopic (exact) mass is 850 g/mol. The van der Waals surface area contributed by atoms with E-state index in [9.17, 15) is 0 Å². The van der Waals surface area contributed by atoms with Gasteiger partial charge in [0.2, 0.25) is 11.4 Å². The van der Waals surface area contributed by atoms with Crippen molar-refractivity contribution in [3.63, 3.8) is 0 Å². The van der Waals surface area contributed by atoms with Gasteiger partial charge in [-0.3, -0.25) is 8.96 Å². The van der Waals surface area contributed by atoms with Crippen LogP contribution in [0, 0.1) is 41.5 Å². The molecule has 0 N–H and O–H groups in total. The van der Waals surface area contributed by atoms with Gasteiger partial charge in [-0.2, -0.15) is 0 Å². The number of nitrogens with zero attached hydrogens (tertiary/aromatic N) is 4. The lowest BCUT2D eigenvalue weighted by Gasteiger charge is -2.24. The third-order valence-corrected chi connectivity index (χ3v) is 13.5. The molecule has 1 aliphatic rings. The average molecular weight is 851 g/mol. The molecular formula is C60H52B2N4+2. The summed E-state index contributed by atoms with van der Waals surface area (Å²) >= 11 is 0. The van der Waals surface area contributed by atoms with E-state index < -0.39 is 0 Å². The van der Waals surface area contributed by atoms with Crippen molar-refractivity contribution in [2.45, 2.75) is 41.5 Å². The number of imidazole rings is 2. The SMILES string of the molecule is Cc1cc(C)c(-n2c(-c3ccccc3)c(-c3ccccc3)[n+]3c2B(c2ccccc2)c2n(-c4c(C)cc(C)cc4C)c(-c4ccccc4)c(-c4ccccc4)[n+]2B3c2ccccc2)c(C)c1. The smallest absolute Gasteiger partial charge is 0.251 e. The number of aryl methyl sites for hydroxylation is 6. The maximum atomic E-state index is 2.72. The van der Waals surface area contributed by atoms with Crippen LogP contribution in [0.5, 0.6) is 0 Å². The summed E-state index contributed by atoms with van der Waals surface area (Å²) in [5, 5.41) is 0. The molecule has 0 unspecified atom stereocenters. The lowest BCUT2D eigenvalue weighted by molar-refractivity contribution is -0.643. The molecule has 0 spiro atoms. The minimum absolute atomic E-state index is 0.272. The summed E-state index contributed by atoms with van der Waals surface area (Å²) in [4.78, 5) is 0. The molecule has 11 rings (SSSR count). The summed E-state index contributed by atoms with van der Waals surface area (Å²) in [6.45, 7) is 13.0. The van der Waals surface area contributed by atoms with Crippen molar-refractivity contribution in [1.82, 2.24) is 9.13 Å². The number of hydrogen-bond acceptors (Lipinski definition) is 0. The van der Waals surface area contributed by atoms with Crippen LogP contribution in [0.4, 0.5) is 0 Å². The highest BCUT2D eigenvalue weighted by atomic mass is 15.3. The van der Waals surface area contributed by atoms with Gasteiger partial charge in [0, 0.05) is 27.7 Å². The van der Waals surface area contributed by atoms with Gasteiger partial charge in [0.05, 0.1) is 0 Å². The number of benzene rings is 8. The Balaban J connectivity index is 1.47. The second kappa shape index (κ2) is 16.7. The van der Waals surface area contributed by atoms with Crippen molar-refractivity contribution in [3.8, 4) is 56.4 Å². The van der Waals surface area contributed by atoms with Gasteiger partial charge in [-0.05, 0) is 63.8 Å². The standard InChI is InChI=1S/C60H52B2N4/c1-41-37-43(3)53(44(4)38-41)63-55(47-25-13-7-14-26-47)57(49-29-17-9-18-30-49)65-59(63)61(51-33-21-11-22-34-51)60-64(54-45(5)39-42(2)40-46(54)6)56(48-27-15-8-16-28-48)58(50-31-19-10-20-32-50)66(60)62(65)52-35-23-12-24-36-52/h7-40H,1-6H3/q+2. The van der Waals surface area contributed by atoms with E-state index in [1.54, 1.807) is 0 Å². The van der Waals surface area contributed by atoms with Crippen LogP contribution in [0.2, 0.25) is 0 Å². The Kier molecular flexibility index (Phi) is 10.4. The number of hydrogen-bond donors (Lipinski definition) is 0. The van der Waals surface area contributed by atoms with E-state index in [0.29, 0.717) is 0 Å². The Morgan fingerprint density at radius 2 is 0.621 bits per heavy atom. The Morgan fingerprint density at radius 1 is 0.333 bits per heavy atom. The van der Waals surface area contributed by atoms with Crippen molar-refractivity contribution >= 4 is 36.1 Å². The summed E-state index contributed by atoms with van der Waals surface area (Å²) < 4.78 is 10.8. The summed E-state index contributed by atoms with van der Waals surface area (Å²) in [6, 6.07) is 76.3. The van der Waals surface area contributed by atoms with Crippen molar-refractivity contribution in [2.24, 2.45) is 0 Å². The minimum Gasteiger partial charge on any atom is -0.251 e. The van der Waals surface area contributed by atoms with E-state index >= 15 is 0 Å². The van der Waals surface area contributed by atoms with Gasteiger partial charge in [0.15, 0.2) is 22.8 Å². The first-order chi connectivity index (χ1) is 32.3.